The summed E-state index contributed by atoms with van der Waals surface area (Å²) in [6.45, 7) is 3.38. The summed E-state index contributed by atoms with van der Waals surface area (Å²) in [5.41, 5.74) is 0. The van der Waals surface area contributed by atoms with Gasteiger partial charge in [0.1, 0.15) is 54.9 Å². The molecular formula is C61H100O14. The third-order valence-corrected chi connectivity index (χ3v) is 12.8. The molecule has 0 spiro atoms. The van der Waals surface area contributed by atoms with Gasteiger partial charge in [0, 0.05) is 13.0 Å². The first-order chi connectivity index (χ1) is 36.6. The Hall–Kier alpha value is -3.35. The number of hydrogen-bond acceptors (Lipinski definition) is 14. The van der Waals surface area contributed by atoms with E-state index in [0.717, 1.165) is 103 Å². The molecule has 2 rings (SSSR count). The zero-order valence-electron chi connectivity index (χ0n) is 45.7. The van der Waals surface area contributed by atoms with E-state index < -0.39 is 86.7 Å². The zero-order valence-corrected chi connectivity index (χ0v) is 45.7. The van der Waals surface area contributed by atoms with Crippen LogP contribution < -0.4 is 0 Å². The molecule has 14 nitrogen and oxygen atoms in total. The Morgan fingerprint density at radius 2 is 0.827 bits per heavy atom. The van der Waals surface area contributed by atoms with Crippen LogP contribution in [0.25, 0.3) is 0 Å². The maximum absolute atomic E-state index is 13.1. The molecule has 2 aliphatic heterocycles. The van der Waals surface area contributed by atoms with Gasteiger partial charge in [0.15, 0.2) is 12.6 Å². The highest BCUT2D eigenvalue weighted by molar-refractivity contribution is 5.69. The first-order valence-corrected chi connectivity index (χ1v) is 28.5. The summed E-state index contributed by atoms with van der Waals surface area (Å²) in [6, 6.07) is 0. The minimum absolute atomic E-state index is 0.0361. The second-order valence-corrected chi connectivity index (χ2v) is 19.3. The van der Waals surface area contributed by atoms with Gasteiger partial charge in [-0.1, -0.05) is 175 Å². The number of ether oxygens (including phenoxy) is 6. The van der Waals surface area contributed by atoms with E-state index >= 15 is 0 Å². The summed E-state index contributed by atoms with van der Waals surface area (Å²) in [5, 5.41) is 72.3. The maximum atomic E-state index is 13.1. The van der Waals surface area contributed by atoms with Crippen molar-refractivity contribution < 1.29 is 69.0 Å². The van der Waals surface area contributed by atoms with Crippen LogP contribution in [0, 0.1) is 0 Å². The van der Waals surface area contributed by atoms with Crippen LogP contribution in [0.4, 0.5) is 0 Å². The number of aliphatic hydroxyl groups is 7. The van der Waals surface area contributed by atoms with Gasteiger partial charge in [-0.15, -0.1) is 0 Å². The van der Waals surface area contributed by atoms with Gasteiger partial charge in [-0.3, -0.25) is 4.79 Å². The highest BCUT2D eigenvalue weighted by atomic mass is 16.7. The molecule has 2 aliphatic rings. The van der Waals surface area contributed by atoms with Crippen LogP contribution in [-0.4, -0.2) is 142 Å². The van der Waals surface area contributed by atoms with Crippen molar-refractivity contribution in [3.05, 3.63) is 109 Å². The second kappa shape index (κ2) is 46.7. The summed E-state index contributed by atoms with van der Waals surface area (Å²) < 4.78 is 34.3. The molecule has 0 radical (unpaired) electrons. The Bertz CT molecular complexity index is 1650. The normalized spacial score (nSPS) is 25.5. The number of aliphatic hydroxyl groups excluding tert-OH is 7. The van der Waals surface area contributed by atoms with Crippen molar-refractivity contribution in [1.29, 1.82) is 0 Å². The molecule has 0 aromatic heterocycles. The Kier molecular flexibility index (Phi) is 42.2. The minimum atomic E-state index is -1.72. The monoisotopic (exact) mass is 1060 g/mol. The molecule has 11 atom stereocenters. The first kappa shape index (κ1) is 67.8. The Morgan fingerprint density at radius 3 is 1.29 bits per heavy atom. The van der Waals surface area contributed by atoms with E-state index in [1.54, 1.807) is 0 Å². The third-order valence-electron chi connectivity index (χ3n) is 12.8. The lowest BCUT2D eigenvalue weighted by Gasteiger charge is -2.42. The predicted octanol–water partition coefficient (Wildman–Crippen LogP) is 9.96. The number of esters is 1. The van der Waals surface area contributed by atoms with Crippen LogP contribution >= 0.6 is 0 Å². The highest BCUT2D eigenvalue weighted by Crippen LogP contribution is 2.26. The van der Waals surface area contributed by atoms with E-state index in [9.17, 15) is 40.5 Å². The standard InChI is InChI=1S/C61H100O14/c1-3-5-7-9-11-13-15-17-19-21-23-24-25-27-29-31-33-35-37-39-41-43-45-70-47-50(73-53(63)44-42-40-38-36-34-32-30-28-26-22-20-18-16-14-12-10-8-6-4-2)48-71-60-59(69)57(67)55(65)52(75-60)49-72-61-58(68)56(66)54(64)51(46-62)74-61/h5-8,11-14,17-20,23-24,26,28,32,34,50-52,54-62,64-69H,3-4,9-10,15-16,21-22,25,27,29-31,33,35-49H2,1-2H3/b7-5-,8-6-,13-11-,14-12-,19-17-,20-18-,24-23-,28-26-,34-32-. The van der Waals surface area contributed by atoms with E-state index in [1.165, 1.54) is 38.5 Å². The quantitative estimate of drug-likeness (QED) is 0.0172. The van der Waals surface area contributed by atoms with Gasteiger partial charge in [-0.25, -0.2) is 0 Å². The molecule has 2 fully saturated rings. The number of carbonyl (C=O) groups is 1. The van der Waals surface area contributed by atoms with Gasteiger partial charge in [-0.05, 0) is 96.3 Å². The van der Waals surface area contributed by atoms with Crippen molar-refractivity contribution in [1.82, 2.24) is 0 Å². The van der Waals surface area contributed by atoms with Gasteiger partial charge >= 0.3 is 5.97 Å². The lowest BCUT2D eigenvalue weighted by atomic mass is 9.98. The molecule has 428 valence electrons. The lowest BCUT2D eigenvalue weighted by Crippen LogP contribution is -2.61. The van der Waals surface area contributed by atoms with Gasteiger partial charge in [-0.2, -0.15) is 0 Å². The number of carbonyl (C=O) groups excluding carboxylic acids is 1. The molecule has 0 amide bonds. The molecule has 7 N–H and O–H groups in total. The molecule has 0 aromatic rings. The molecule has 14 heteroatoms. The van der Waals surface area contributed by atoms with E-state index in [4.69, 9.17) is 28.4 Å². The van der Waals surface area contributed by atoms with Crippen molar-refractivity contribution in [2.45, 2.75) is 235 Å². The zero-order chi connectivity index (χ0) is 54.4. The molecular weight excluding hydrogens is 957 g/mol. The maximum Gasteiger partial charge on any atom is 0.306 e. The fraction of sp³-hybridized carbons (Fsp3) is 0.689. The van der Waals surface area contributed by atoms with E-state index in [2.05, 4.69) is 123 Å². The van der Waals surface area contributed by atoms with Crippen molar-refractivity contribution in [3.63, 3.8) is 0 Å². The summed E-state index contributed by atoms with van der Waals surface area (Å²) >= 11 is 0. The fourth-order valence-corrected chi connectivity index (χ4v) is 8.24. The van der Waals surface area contributed by atoms with Crippen LogP contribution in [0.15, 0.2) is 109 Å². The van der Waals surface area contributed by atoms with Crippen molar-refractivity contribution in [2.75, 3.05) is 33.0 Å². The predicted molar refractivity (Wildman–Crippen MR) is 297 cm³/mol. The second-order valence-electron chi connectivity index (χ2n) is 19.3. The third kappa shape index (κ3) is 33.5. The Morgan fingerprint density at radius 1 is 0.440 bits per heavy atom. The summed E-state index contributed by atoms with van der Waals surface area (Å²) in [7, 11) is 0. The Balaban J connectivity index is 1.75. The molecule has 0 aliphatic carbocycles. The van der Waals surface area contributed by atoms with Crippen molar-refractivity contribution in [3.8, 4) is 0 Å². The summed E-state index contributed by atoms with van der Waals surface area (Å²) in [4.78, 5) is 13.1. The average Bonchev–Trinajstić information content (AvgIpc) is 3.41. The average molecular weight is 1060 g/mol. The minimum Gasteiger partial charge on any atom is -0.457 e. The van der Waals surface area contributed by atoms with Crippen LogP contribution in [-0.2, 0) is 33.2 Å². The van der Waals surface area contributed by atoms with Gasteiger partial charge in [0.05, 0.1) is 26.4 Å². The molecule has 0 aromatic carbocycles. The lowest BCUT2D eigenvalue weighted by molar-refractivity contribution is -0.332. The molecule has 2 heterocycles. The van der Waals surface area contributed by atoms with Crippen LogP contribution in [0.5, 0.6) is 0 Å². The number of hydrogen-bond donors (Lipinski definition) is 7. The van der Waals surface area contributed by atoms with Crippen LogP contribution in [0.2, 0.25) is 0 Å². The van der Waals surface area contributed by atoms with Crippen molar-refractivity contribution in [2.24, 2.45) is 0 Å². The van der Waals surface area contributed by atoms with Crippen molar-refractivity contribution >= 4 is 5.97 Å². The number of unbranched alkanes of at least 4 members (excludes halogenated alkanes) is 12. The van der Waals surface area contributed by atoms with E-state index in [0.29, 0.717) is 13.0 Å². The smallest absolute Gasteiger partial charge is 0.306 e. The van der Waals surface area contributed by atoms with Gasteiger partial charge in [0.2, 0.25) is 0 Å². The first-order valence-electron chi connectivity index (χ1n) is 28.5. The van der Waals surface area contributed by atoms with Crippen LogP contribution in [0.1, 0.15) is 168 Å². The van der Waals surface area contributed by atoms with E-state index in [-0.39, 0.29) is 19.6 Å². The SMILES string of the molecule is CC/C=C\C/C=C\C/C=C\C/C=C\C/C=C\CCCCCC(=O)OC(COCCCCCCCCCCC/C=C\C/C=C\C/C=C\C/C=C\CC)COC1OC(COC2OC(CO)C(O)C(O)C2O)C(O)C(O)C1O. The van der Waals surface area contributed by atoms with Gasteiger partial charge in [0.25, 0.3) is 0 Å². The molecule has 2 saturated heterocycles. The van der Waals surface area contributed by atoms with Crippen LogP contribution in [0.3, 0.4) is 0 Å². The number of allylic oxidation sites excluding steroid dienone is 18. The molecule has 0 saturated carbocycles. The Labute approximate surface area is 451 Å². The van der Waals surface area contributed by atoms with E-state index in [1.807, 2.05) is 0 Å². The van der Waals surface area contributed by atoms with Gasteiger partial charge < -0.3 is 64.2 Å². The molecule has 75 heavy (non-hydrogen) atoms. The summed E-state index contributed by atoms with van der Waals surface area (Å²) in [6.07, 6.45) is 47.1. The molecule has 0 bridgehead atoms. The topological polar surface area (TPSA) is 214 Å². The highest BCUT2D eigenvalue weighted by Gasteiger charge is 2.47. The largest absolute Gasteiger partial charge is 0.457 e. The molecule has 11 unspecified atom stereocenters. The number of rotatable bonds is 44. The fourth-order valence-electron chi connectivity index (χ4n) is 8.24. The summed E-state index contributed by atoms with van der Waals surface area (Å²) in [5.74, 6) is -0.414.